The van der Waals surface area contributed by atoms with Crippen LogP contribution < -0.4 is 0 Å². The van der Waals surface area contributed by atoms with E-state index in [0.717, 1.165) is 11.4 Å². The third-order valence-electron chi connectivity index (χ3n) is 1.53. The molecule has 0 saturated carbocycles. The molecule has 72 valence electrons. The molecule has 0 radical (unpaired) electrons. The van der Waals surface area contributed by atoms with E-state index >= 15 is 0 Å². The highest BCUT2D eigenvalue weighted by Crippen LogP contribution is 2.26. The Balaban J connectivity index is 1.95. The van der Waals surface area contributed by atoms with Crippen LogP contribution in [0.2, 0.25) is 5.15 Å². The van der Waals surface area contributed by atoms with Gasteiger partial charge in [0.2, 0.25) is 0 Å². The maximum Gasteiger partial charge on any atom is 0.147 e. The van der Waals surface area contributed by atoms with Gasteiger partial charge in [0.15, 0.2) is 0 Å². The minimum atomic E-state index is 0.440. The van der Waals surface area contributed by atoms with Crippen LogP contribution in [0.1, 0.15) is 5.69 Å². The fraction of sp³-hybridized carbons (Fsp3) is 0.111. The van der Waals surface area contributed by atoms with Gasteiger partial charge in [0.1, 0.15) is 5.15 Å². The van der Waals surface area contributed by atoms with Crippen molar-refractivity contribution in [1.29, 1.82) is 0 Å². The summed E-state index contributed by atoms with van der Waals surface area (Å²) >= 11 is 9.13. The van der Waals surface area contributed by atoms with Gasteiger partial charge < -0.3 is 0 Å². The summed E-state index contributed by atoms with van der Waals surface area (Å²) in [6.45, 7) is 0. The quantitative estimate of drug-likeness (QED) is 0.771. The average molecular weight is 243 g/mol. The van der Waals surface area contributed by atoms with Crippen LogP contribution in [-0.4, -0.2) is 9.97 Å². The Kier molecular flexibility index (Phi) is 3.39. The van der Waals surface area contributed by atoms with Crippen molar-refractivity contribution in [3.05, 3.63) is 40.8 Å². The molecule has 0 unspecified atom stereocenters. The molecule has 2 nitrogen and oxygen atoms in total. The van der Waals surface area contributed by atoms with Crippen molar-refractivity contribution in [1.82, 2.24) is 9.97 Å². The minimum Gasteiger partial charge on any atom is -0.256 e. The largest absolute Gasteiger partial charge is 0.256 e. The van der Waals surface area contributed by atoms with Crippen LogP contribution in [0.3, 0.4) is 0 Å². The summed E-state index contributed by atoms with van der Waals surface area (Å²) < 4.78 is 1.29. The summed E-state index contributed by atoms with van der Waals surface area (Å²) in [6.07, 6.45) is 3.29. The third kappa shape index (κ3) is 2.70. The van der Waals surface area contributed by atoms with Gasteiger partial charge in [-0.1, -0.05) is 17.7 Å². The number of nitrogens with zero attached hydrogens (tertiary/aromatic N) is 2. The van der Waals surface area contributed by atoms with Gasteiger partial charge in [-0.2, -0.15) is 0 Å². The molecule has 2 heterocycles. The molecule has 0 spiro atoms. The molecule has 2 rings (SSSR count). The van der Waals surface area contributed by atoms with E-state index in [2.05, 4.69) is 21.4 Å². The van der Waals surface area contributed by atoms with Gasteiger partial charge in [0.05, 0.1) is 22.3 Å². The summed E-state index contributed by atoms with van der Waals surface area (Å²) in [4.78, 5) is 8.14. The van der Waals surface area contributed by atoms with E-state index in [1.54, 1.807) is 35.5 Å². The first-order valence-electron chi connectivity index (χ1n) is 3.97. The molecule has 0 aliphatic rings. The van der Waals surface area contributed by atoms with Crippen LogP contribution >= 0.6 is 34.7 Å². The van der Waals surface area contributed by atoms with Gasteiger partial charge in [0.25, 0.3) is 0 Å². The molecule has 0 aromatic carbocycles. The second-order valence-electron chi connectivity index (χ2n) is 2.55. The van der Waals surface area contributed by atoms with Crippen molar-refractivity contribution in [2.75, 3.05) is 0 Å². The SMILES string of the molecule is Clc1cnc(CSc2cccs2)cn1. The first kappa shape index (κ1) is 9.96. The van der Waals surface area contributed by atoms with Crippen LogP contribution in [-0.2, 0) is 5.75 Å². The lowest BCUT2D eigenvalue weighted by Gasteiger charge is -1.97. The highest BCUT2D eigenvalue weighted by atomic mass is 35.5. The van der Waals surface area contributed by atoms with Crippen molar-refractivity contribution in [2.24, 2.45) is 0 Å². The lowest BCUT2D eigenvalue weighted by molar-refractivity contribution is 1.10. The third-order valence-corrected chi connectivity index (χ3v) is 3.89. The average Bonchev–Trinajstić information content (AvgIpc) is 2.70. The van der Waals surface area contributed by atoms with Crippen LogP contribution in [0.4, 0.5) is 0 Å². The summed E-state index contributed by atoms with van der Waals surface area (Å²) in [6, 6.07) is 4.14. The van der Waals surface area contributed by atoms with Gasteiger partial charge in [-0.05, 0) is 11.4 Å². The van der Waals surface area contributed by atoms with E-state index in [1.165, 1.54) is 4.21 Å². The van der Waals surface area contributed by atoms with Crippen LogP contribution in [0.15, 0.2) is 34.1 Å². The summed E-state index contributed by atoms with van der Waals surface area (Å²) in [7, 11) is 0. The Morgan fingerprint density at radius 3 is 2.93 bits per heavy atom. The monoisotopic (exact) mass is 242 g/mol. The zero-order valence-electron chi connectivity index (χ0n) is 7.18. The molecule has 2 aromatic heterocycles. The molecule has 0 atom stereocenters. The van der Waals surface area contributed by atoms with Crippen LogP contribution in [0, 0.1) is 0 Å². The lowest BCUT2D eigenvalue weighted by Crippen LogP contribution is -1.87. The molecule has 0 bridgehead atoms. The molecule has 2 aromatic rings. The Hall–Kier alpha value is -0.580. The number of aromatic nitrogens is 2. The van der Waals surface area contributed by atoms with E-state index < -0.39 is 0 Å². The highest BCUT2D eigenvalue weighted by Gasteiger charge is 1.98. The van der Waals surface area contributed by atoms with Gasteiger partial charge in [-0.3, -0.25) is 4.98 Å². The normalized spacial score (nSPS) is 10.4. The molecule has 0 saturated heterocycles. The van der Waals surface area contributed by atoms with Crippen LogP contribution in [0.5, 0.6) is 0 Å². The Morgan fingerprint density at radius 2 is 2.29 bits per heavy atom. The maximum atomic E-state index is 5.63. The molecule has 5 heteroatoms. The number of thioether (sulfide) groups is 1. The fourth-order valence-corrected chi connectivity index (χ4v) is 2.68. The van der Waals surface area contributed by atoms with Gasteiger partial charge in [-0.25, -0.2) is 4.98 Å². The first-order chi connectivity index (χ1) is 6.84. The number of hydrogen-bond donors (Lipinski definition) is 0. The number of hydrogen-bond acceptors (Lipinski definition) is 4. The second-order valence-corrected chi connectivity index (χ2v) is 5.16. The highest BCUT2D eigenvalue weighted by molar-refractivity contribution is 8.00. The molecular weight excluding hydrogens is 236 g/mol. The van der Waals surface area contributed by atoms with Crippen molar-refractivity contribution in [3.63, 3.8) is 0 Å². The Morgan fingerprint density at radius 1 is 1.36 bits per heavy atom. The molecular formula is C9H7ClN2S2. The van der Waals surface area contributed by atoms with Crippen molar-refractivity contribution in [2.45, 2.75) is 9.96 Å². The van der Waals surface area contributed by atoms with E-state index in [-0.39, 0.29) is 0 Å². The fourth-order valence-electron chi connectivity index (χ4n) is 0.904. The maximum absolute atomic E-state index is 5.63. The molecule has 0 N–H and O–H groups in total. The van der Waals surface area contributed by atoms with Crippen molar-refractivity contribution < 1.29 is 0 Å². The Bertz CT molecular complexity index is 386. The van der Waals surface area contributed by atoms with Crippen molar-refractivity contribution >= 4 is 34.7 Å². The minimum absolute atomic E-state index is 0.440. The molecule has 0 amide bonds. The molecule has 0 aliphatic heterocycles. The zero-order chi connectivity index (χ0) is 9.80. The van der Waals surface area contributed by atoms with E-state index in [4.69, 9.17) is 11.6 Å². The smallest absolute Gasteiger partial charge is 0.147 e. The molecule has 0 fully saturated rings. The van der Waals surface area contributed by atoms with Gasteiger partial charge >= 0.3 is 0 Å². The van der Waals surface area contributed by atoms with Gasteiger partial charge in [0, 0.05) is 5.75 Å². The lowest BCUT2D eigenvalue weighted by atomic mass is 10.5. The topological polar surface area (TPSA) is 25.8 Å². The van der Waals surface area contributed by atoms with E-state index in [1.807, 2.05) is 6.07 Å². The Labute approximate surface area is 95.4 Å². The van der Waals surface area contributed by atoms with E-state index in [0.29, 0.717) is 5.15 Å². The first-order valence-corrected chi connectivity index (χ1v) is 6.21. The zero-order valence-corrected chi connectivity index (χ0v) is 9.57. The van der Waals surface area contributed by atoms with Gasteiger partial charge in [-0.15, -0.1) is 23.1 Å². The number of rotatable bonds is 3. The van der Waals surface area contributed by atoms with Crippen molar-refractivity contribution in [3.8, 4) is 0 Å². The summed E-state index contributed by atoms with van der Waals surface area (Å²) in [5.41, 5.74) is 0.952. The predicted molar refractivity (Wildman–Crippen MR) is 60.9 cm³/mol. The number of thiophene rings is 1. The predicted octanol–water partition coefficient (Wildman–Crippen LogP) is 3.48. The standard InChI is InChI=1S/C9H7ClN2S2/c10-8-5-11-7(4-12-8)6-14-9-2-1-3-13-9/h1-5H,6H2. The molecule has 0 aliphatic carbocycles. The second kappa shape index (κ2) is 4.77. The number of halogens is 1. The molecule has 14 heavy (non-hydrogen) atoms. The summed E-state index contributed by atoms with van der Waals surface area (Å²) in [5.74, 6) is 0.838. The summed E-state index contributed by atoms with van der Waals surface area (Å²) in [5, 5.41) is 2.51. The van der Waals surface area contributed by atoms with Crippen LogP contribution in [0.25, 0.3) is 0 Å². The van der Waals surface area contributed by atoms with E-state index in [9.17, 15) is 0 Å².